The summed E-state index contributed by atoms with van der Waals surface area (Å²) in [6, 6.07) is 1.71. The van der Waals surface area contributed by atoms with Gasteiger partial charge in [0.15, 0.2) is 5.69 Å². The topological polar surface area (TPSA) is 55.5 Å². The van der Waals surface area contributed by atoms with Crippen molar-refractivity contribution < 1.29 is 9.31 Å². The zero-order chi connectivity index (χ0) is 10.7. The lowest BCUT2D eigenvalue weighted by atomic mass is 10.2. The Hall–Kier alpha value is -1.36. The Kier molecular flexibility index (Phi) is 3.24. The lowest BCUT2D eigenvalue weighted by Crippen LogP contribution is -1.90. The Morgan fingerprint density at radius 2 is 2.29 bits per heavy atom. The van der Waals surface area contributed by atoms with E-state index in [2.05, 4.69) is 17.2 Å². The number of thiocarbonyl (C=S) groups is 1. The molecule has 14 heavy (non-hydrogen) atoms. The van der Waals surface area contributed by atoms with Crippen molar-refractivity contribution in [3.63, 3.8) is 0 Å². The van der Waals surface area contributed by atoms with Crippen molar-refractivity contribution in [1.29, 1.82) is 0 Å². The van der Waals surface area contributed by atoms with Gasteiger partial charge in [0.1, 0.15) is 5.82 Å². The van der Waals surface area contributed by atoms with E-state index in [4.69, 9.17) is 11.6 Å². The first-order valence-corrected chi connectivity index (χ1v) is 4.06. The average molecular weight is 233 g/mol. The SMILES string of the molecule is O=[N+]([O-])c1cc(F)c(Cl)cc1N=C=S. The molecule has 0 saturated heterocycles. The summed E-state index contributed by atoms with van der Waals surface area (Å²) in [5.74, 6) is -0.873. The van der Waals surface area contributed by atoms with E-state index in [0.717, 1.165) is 6.07 Å². The molecule has 1 aromatic carbocycles. The summed E-state index contributed by atoms with van der Waals surface area (Å²) in [5.41, 5.74) is -0.611. The first-order chi connectivity index (χ1) is 6.56. The van der Waals surface area contributed by atoms with E-state index in [1.54, 1.807) is 0 Å². The predicted molar refractivity (Wildman–Crippen MR) is 52.8 cm³/mol. The van der Waals surface area contributed by atoms with Crippen LogP contribution < -0.4 is 0 Å². The molecule has 0 amide bonds. The Labute approximate surface area is 88.2 Å². The highest BCUT2D eigenvalue weighted by Crippen LogP contribution is 2.31. The molecule has 0 aliphatic carbocycles. The number of isothiocyanates is 1. The molecule has 0 aromatic heterocycles. The number of hydrogen-bond donors (Lipinski definition) is 0. The zero-order valence-electron chi connectivity index (χ0n) is 6.53. The van der Waals surface area contributed by atoms with Gasteiger partial charge in [-0.3, -0.25) is 10.1 Å². The number of nitrogens with zero attached hydrogens (tertiary/aromatic N) is 2. The average Bonchev–Trinajstić information content (AvgIpc) is 2.11. The van der Waals surface area contributed by atoms with E-state index in [0.29, 0.717) is 6.07 Å². The summed E-state index contributed by atoms with van der Waals surface area (Å²) in [7, 11) is 0. The van der Waals surface area contributed by atoms with E-state index in [9.17, 15) is 14.5 Å². The van der Waals surface area contributed by atoms with Crippen molar-refractivity contribution in [3.8, 4) is 0 Å². The second-order valence-corrected chi connectivity index (χ2v) is 2.81. The first-order valence-electron chi connectivity index (χ1n) is 3.27. The molecule has 0 saturated carbocycles. The fourth-order valence-corrected chi connectivity index (χ4v) is 1.07. The van der Waals surface area contributed by atoms with Gasteiger partial charge in [-0.05, 0) is 18.3 Å². The van der Waals surface area contributed by atoms with Gasteiger partial charge < -0.3 is 0 Å². The monoisotopic (exact) mass is 232 g/mol. The number of nitro groups is 1. The third kappa shape index (κ3) is 2.11. The van der Waals surface area contributed by atoms with Gasteiger partial charge in [0.05, 0.1) is 21.2 Å². The van der Waals surface area contributed by atoms with E-state index in [-0.39, 0.29) is 10.7 Å². The van der Waals surface area contributed by atoms with Gasteiger partial charge in [0.25, 0.3) is 5.69 Å². The van der Waals surface area contributed by atoms with Gasteiger partial charge in [0, 0.05) is 0 Å². The van der Waals surface area contributed by atoms with Crippen molar-refractivity contribution in [2.45, 2.75) is 0 Å². The van der Waals surface area contributed by atoms with E-state index >= 15 is 0 Å². The van der Waals surface area contributed by atoms with Gasteiger partial charge in [-0.25, -0.2) is 4.39 Å². The van der Waals surface area contributed by atoms with Gasteiger partial charge in [-0.15, -0.1) is 0 Å². The molecule has 0 aliphatic heterocycles. The molecule has 7 heteroatoms. The summed E-state index contributed by atoms with van der Waals surface area (Å²) >= 11 is 9.69. The van der Waals surface area contributed by atoms with Crippen LogP contribution in [-0.4, -0.2) is 10.1 Å². The number of nitro benzene ring substituents is 1. The molecule has 1 rings (SSSR count). The Balaban J connectivity index is 3.45. The minimum absolute atomic E-state index is 0.114. The summed E-state index contributed by atoms with van der Waals surface area (Å²) < 4.78 is 12.8. The second-order valence-electron chi connectivity index (χ2n) is 2.22. The molecule has 0 fully saturated rings. The minimum atomic E-state index is -0.873. The van der Waals surface area contributed by atoms with Crippen LogP contribution in [0.2, 0.25) is 5.02 Å². The number of hydrogen-bond acceptors (Lipinski definition) is 4. The van der Waals surface area contributed by atoms with Gasteiger partial charge >= 0.3 is 0 Å². The van der Waals surface area contributed by atoms with Gasteiger partial charge in [0.2, 0.25) is 0 Å². The normalized spacial score (nSPS) is 9.29. The van der Waals surface area contributed by atoms with Crippen LogP contribution in [0.15, 0.2) is 17.1 Å². The van der Waals surface area contributed by atoms with Crippen LogP contribution in [0.1, 0.15) is 0 Å². The molecule has 0 spiro atoms. The minimum Gasteiger partial charge on any atom is -0.258 e. The molecular formula is C7H2ClFN2O2S. The van der Waals surface area contributed by atoms with Crippen LogP contribution in [0.3, 0.4) is 0 Å². The maximum Gasteiger partial charge on any atom is 0.298 e. The highest BCUT2D eigenvalue weighted by molar-refractivity contribution is 7.78. The number of halogens is 2. The molecule has 1 aromatic rings. The molecule has 0 heterocycles. The van der Waals surface area contributed by atoms with Crippen LogP contribution in [0.4, 0.5) is 15.8 Å². The maximum atomic E-state index is 12.8. The molecule has 0 bridgehead atoms. The lowest BCUT2D eigenvalue weighted by Gasteiger charge is -1.97. The third-order valence-electron chi connectivity index (χ3n) is 1.38. The van der Waals surface area contributed by atoms with Crippen molar-refractivity contribution in [3.05, 3.63) is 33.1 Å². The van der Waals surface area contributed by atoms with Crippen LogP contribution in [0.25, 0.3) is 0 Å². The van der Waals surface area contributed by atoms with Crippen LogP contribution in [0, 0.1) is 15.9 Å². The standard InChI is InChI=1S/C7H2ClFN2O2S/c8-4-1-6(10-3-14)7(11(12)13)2-5(4)9/h1-2H. The lowest BCUT2D eigenvalue weighted by molar-refractivity contribution is -0.384. The predicted octanol–water partition coefficient (Wildman–Crippen LogP) is 3.12. The maximum absolute atomic E-state index is 12.8. The van der Waals surface area contributed by atoms with Crippen molar-refractivity contribution in [2.75, 3.05) is 0 Å². The largest absolute Gasteiger partial charge is 0.298 e. The summed E-state index contributed by atoms with van der Waals surface area (Å²) in [5, 5.41) is 12.1. The van der Waals surface area contributed by atoms with E-state index < -0.39 is 16.4 Å². The molecule has 0 radical (unpaired) electrons. The quantitative estimate of drug-likeness (QED) is 0.341. The molecule has 0 atom stereocenters. The molecular weight excluding hydrogens is 231 g/mol. The number of benzene rings is 1. The highest BCUT2D eigenvalue weighted by Gasteiger charge is 2.16. The van der Waals surface area contributed by atoms with Crippen LogP contribution in [-0.2, 0) is 0 Å². The summed E-state index contributed by atoms with van der Waals surface area (Å²) in [6.45, 7) is 0. The summed E-state index contributed by atoms with van der Waals surface area (Å²) in [4.78, 5) is 13.1. The molecule has 0 N–H and O–H groups in total. The highest BCUT2D eigenvalue weighted by atomic mass is 35.5. The smallest absolute Gasteiger partial charge is 0.258 e. The first kappa shape index (κ1) is 10.7. The molecule has 0 aliphatic rings. The van der Waals surface area contributed by atoms with Crippen LogP contribution >= 0.6 is 23.8 Å². The van der Waals surface area contributed by atoms with Gasteiger partial charge in [-0.2, -0.15) is 4.99 Å². The zero-order valence-corrected chi connectivity index (χ0v) is 8.10. The van der Waals surface area contributed by atoms with E-state index in [1.165, 1.54) is 0 Å². The van der Waals surface area contributed by atoms with Crippen molar-refractivity contribution in [2.24, 2.45) is 4.99 Å². The van der Waals surface area contributed by atoms with Crippen LogP contribution in [0.5, 0.6) is 0 Å². The second kappa shape index (κ2) is 4.23. The summed E-state index contributed by atoms with van der Waals surface area (Å²) in [6.07, 6.45) is 0. The Bertz CT molecular complexity index is 419. The van der Waals surface area contributed by atoms with Gasteiger partial charge in [-0.1, -0.05) is 11.6 Å². The van der Waals surface area contributed by atoms with Crippen molar-refractivity contribution >= 4 is 40.4 Å². The molecule has 4 nitrogen and oxygen atoms in total. The molecule has 72 valence electrons. The fourth-order valence-electron chi connectivity index (χ4n) is 0.811. The van der Waals surface area contributed by atoms with Crippen molar-refractivity contribution in [1.82, 2.24) is 0 Å². The molecule has 0 unspecified atom stereocenters. The number of aliphatic imine (C=N–C) groups is 1. The van der Waals surface area contributed by atoms with E-state index in [1.807, 2.05) is 5.16 Å². The Morgan fingerprint density at radius 1 is 1.64 bits per heavy atom. The third-order valence-corrected chi connectivity index (χ3v) is 1.76. The number of rotatable bonds is 2. The Morgan fingerprint density at radius 3 is 2.79 bits per heavy atom. The fraction of sp³-hybridized carbons (Fsp3) is 0.